The molecular weight excluding hydrogens is 160 g/mol. The molecule has 1 N–H and O–H groups in total. The monoisotopic (exact) mass is 180 g/mol. The van der Waals surface area contributed by atoms with Crippen molar-refractivity contribution < 1.29 is 0 Å². The number of hydrogen-bond acceptors (Lipinski definition) is 2. The van der Waals surface area contributed by atoms with Crippen molar-refractivity contribution in [1.29, 1.82) is 0 Å². The second kappa shape index (κ2) is 7.59. The predicted molar refractivity (Wildman–Crippen MR) is 59.1 cm³/mol. The van der Waals surface area contributed by atoms with Crippen LogP contribution in [0, 0.1) is 0 Å². The molecule has 0 saturated heterocycles. The molecule has 0 aliphatic heterocycles. The van der Waals surface area contributed by atoms with Gasteiger partial charge in [-0.15, -0.1) is 0 Å². The van der Waals surface area contributed by atoms with Gasteiger partial charge in [0.15, 0.2) is 0 Å². The van der Waals surface area contributed by atoms with Gasteiger partial charge in [-0.3, -0.25) is 0 Å². The van der Waals surface area contributed by atoms with E-state index in [0.29, 0.717) is 0 Å². The fourth-order valence-electron chi connectivity index (χ4n) is 0.919. The molecule has 0 aliphatic rings. The average Bonchev–Trinajstić information content (AvgIpc) is 2.23. The zero-order valence-corrected chi connectivity index (χ0v) is 9.09. The van der Waals surface area contributed by atoms with Gasteiger partial charge in [-0.1, -0.05) is 26.8 Å². The highest BCUT2D eigenvalue weighted by Crippen LogP contribution is 2.04. The molecule has 2 heteroatoms. The van der Waals surface area contributed by atoms with Gasteiger partial charge < -0.3 is 5.32 Å². The summed E-state index contributed by atoms with van der Waals surface area (Å²) in [6, 6.07) is 4.12. The number of aryl methyl sites for hydroxylation is 1. The Hall–Kier alpha value is -1.05. The molecule has 1 rings (SSSR count). The zero-order valence-electron chi connectivity index (χ0n) is 9.09. The van der Waals surface area contributed by atoms with E-state index in [2.05, 4.69) is 30.2 Å². The molecule has 0 saturated carbocycles. The molecule has 0 radical (unpaired) electrons. The SMILES string of the molecule is CC.CCNc1ccc(CC)cn1. The van der Waals surface area contributed by atoms with E-state index < -0.39 is 0 Å². The quantitative estimate of drug-likeness (QED) is 0.773. The minimum atomic E-state index is 0.929. The summed E-state index contributed by atoms with van der Waals surface area (Å²) in [5.74, 6) is 0.963. The smallest absolute Gasteiger partial charge is 0.125 e. The van der Waals surface area contributed by atoms with Crippen LogP contribution in [-0.2, 0) is 6.42 Å². The maximum absolute atomic E-state index is 4.23. The number of aromatic nitrogens is 1. The normalized spacial score (nSPS) is 8.62. The molecule has 0 bridgehead atoms. The summed E-state index contributed by atoms with van der Waals surface area (Å²) in [5.41, 5.74) is 1.28. The van der Waals surface area contributed by atoms with Crippen LogP contribution in [0.5, 0.6) is 0 Å². The van der Waals surface area contributed by atoms with Crippen molar-refractivity contribution in [1.82, 2.24) is 4.98 Å². The van der Waals surface area contributed by atoms with E-state index in [1.165, 1.54) is 5.56 Å². The minimum Gasteiger partial charge on any atom is -0.370 e. The van der Waals surface area contributed by atoms with Crippen LogP contribution in [0.2, 0.25) is 0 Å². The van der Waals surface area contributed by atoms with Crippen molar-refractivity contribution in [3.8, 4) is 0 Å². The van der Waals surface area contributed by atoms with E-state index in [0.717, 1.165) is 18.8 Å². The summed E-state index contributed by atoms with van der Waals surface area (Å²) in [6.45, 7) is 9.12. The highest BCUT2D eigenvalue weighted by Gasteiger charge is 1.90. The van der Waals surface area contributed by atoms with Crippen molar-refractivity contribution in [2.24, 2.45) is 0 Å². The van der Waals surface area contributed by atoms with Crippen LogP contribution >= 0.6 is 0 Å². The Morgan fingerprint density at radius 3 is 2.31 bits per heavy atom. The summed E-state index contributed by atoms with van der Waals surface area (Å²) < 4.78 is 0. The van der Waals surface area contributed by atoms with Gasteiger partial charge in [0.05, 0.1) is 0 Å². The van der Waals surface area contributed by atoms with E-state index in [9.17, 15) is 0 Å². The lowest BCUT2D eigenvalue weighted by atomic mass is 10.2. The third-order valence-electron chi connectivity index (χ3n) is 1.59. The van der Waals surface area contributed by atoms with Crippen molar-refractivity contribution in [3.05, 3.63) is 23.9 Å². The number of pyridine rings is 1. The molecule has 0 fully saturated rings. The van der Waals surface area contributed by atoms with E-state index in [1.54, 1.807) is 0 Å². The van der Waals surface area contributed by atoms with Gasteiger partial charge in [-0.25, -0.2) is 4.98 Å². The first kappa shape index (κ1) is 11.9. The lowest BCUT2D eigenvalue weighted by Crippen LogP contribution is -1.98. The Morgan fingerprint density at radius 1 is 1.23 bits per heavy atom. The number of nitrogens with one attached hydrogen (secondary N) is 1. The number of hydrogen-bond donors (Lipinski definition) is 1. The van der Waals surface area contributed by atoms with Crippen molar-refractivity contribution >= 4 is 5.82 Å². The highest BCUT2D eigenvalue weighted by atomic mass is 15.0. The topological polar surface area (TPSA) is 24.9 Å². The number of rotatable bonds is 3. The summed E-state index contributed by atoms with van der Waals surface area (Å²) in [4.78, 5) is 4.23. The van der Waals surface area contributed by atoms with Crippen LogP contribution in [0.1, 0.15) is 33.3 Å². The molecule has 0 aromatic carbocycles. The van der Waals surface area contributed by atoms with Crippen LogP contribution in [0.15, 0.2) is 18.3 Å². The molecule has 1 aromatic rings. The summed E-state index contributed by atoms with van der Waals surface area (Å²) in [5, 5.41) is 3.15. The lowest BCUT2D eigenvalue weighted by Gasteiger charge is -2.01. The van der Waals surface area contributed by atoms with E-state index in [1.807, 2.05) is 26.1 Å². The Kier molecular flexibility index (Phi) is 6.98. The third-order valence-corrected chi connectivity index (χ3v) is 1.59. The van der Waals surface area contributed by atoms with Crippen LogP contribution in [0.3, 0.4) is 0 Å². The van der Waals surface area contributed by atoms with Crippen molar-refractivity contribution in [2.45, 2.75) is 34.1 Å². The fourth-order valence-corrected chi connectivity index (χ4v) is 0.919. The van der Waals surface area contributed by atoms with Crippen molar-refractivity contribution in [2.75, 3.05) is 11.9 Å². The summed E-state index contributed by atoms with van der Waals surface area (Å²) in [6.07, 6.45) is 2.97. The second-order valence-corrected chi connectivity index (χ2v) is 2.44. The maximum atomic E-state index is 4.23. The first-order chi connectivity index (χ1) is 6.36. The fraction of sp³-hybridized carbons (Fsp3) is 0.545. The molecule has 13 heavy (non-hydrogen) atoms. The van der Waals surface area contributed by atoms with Gasteiger partial charge in [0, 0.05) is 12.7 Å². The minimum absolute atomic E-state index is 0.929. The van der Waals surface area contributed by atoms with Gasteiger partial charge in [0.1, 0.15) is 5.82 Å². The lowest BCUT2D eigenvalue weighted by molar-refractivity contribution is 1.09. The first-order valence-corrected chi connectivity index (χ1v) is 5.05. The molecule has 0 spiro atoms. The van der Waals surface area contributed by atoms with E-state index in [-0.39, 0.29) is 0 Å². The largest absolute Gasteiger partial charge is 0.370 e. The summed E-state index contributed by atoms with van der Waals surface area (Å²) in [7, 11) is 0. The molecule has 0 aliphatic carbocycles. The molecular formula is C11H20N2. The van der Waals surface area contributed by atoms with Gasteiger partial charge in [0.2, 0.25) is 0 Å². The van der Waals surface area contributed by atoms with Gasteiger partial charge in [-0.2, -0.15) is 0 Å². The Labute approximate surface area is 81.4 Å². The van der Waals surface area contributed by atoms with Crippen LogP contribution in [0.25, 0.3) is 0 Å². The second-order valence-electron chi connectivity index (χ2n) is 2.44. The van der Waals surface area contributed by atoms with Gasteiger partial charge in [-0.05, 0) is 25.0 Å². The van der Waals surface area contributed by atoms with Crippen LogP contribution in [-0.4, -0.2) is 11.5 Å². The maximum Gasteiger partial charge on any atom is 0.125 e. The van der Waals surface area contributed by atoms with E-state index >= 15 is 0 Å². The predicted octanol–water partition coefficient (Wildman–Crippen LogP) is 3.10. The highest BCUT2D eigenvalue weighted by molar-refractivity contribution is 5.35. The number of anilines is 1. The molecule has 0 atom stereocenters. The Balaban J connectivity index is 0.000000671. The van der Waals surface area contributed by atoms with Crippen molar-refractivity contribution in [3.63, 3.8) is 0 Å². The van der Waals surface area contributed by atoms with Crippen LogP contribution in [0.4, 0.5) is 5.82 Å². The molecule has 1 aromatic heterocycles. The van der Waals surface area contributed by atoms with E-state index in [4.69, 9.17) is 0 Å². The molecule has 74 valence electrons. The third kappa shape index (κ3) is 4.51. The van der Waals surface area contributed by atoms with Gasteiger partial charge in [0.25, 0.3) is 0 Å². The zero-order chi connectivity index (χ0) is 10.1. The number of nitrogens with zero attached hydrogens (tertiary/aromatic N) is 1. The molecule has 2 nitrogen and oxygen atoms in total. The van der Waals surface area contributed by atoms with Gasteiger partial charge >= 0.3 is 0 Å². The van der Waals surface area contributed by atoms with Crippen LogP contribution < -0.4 is 5.32 Å². The standard InChI is InChI=1S/C9H14N2.C2H6/c1-3-8-5-6-9(10-4-2)11-7-8;1-2/h5-7H,3-4H2,1-2H3,(H,10,11);1-2H3. The molecule has 0 amide bonds. The Bertz CT molecular complexity index is 204. The molecule has 0 unspecified atom stereocenters. The average molecular weight is 180 g/mol. The summed E-state index contributed by atoms with van der Waals surface area (Å²) >= 11 is 0. The first-order valence-electron chi connectivity index (χ1n) is 5.05. The molecule has 1 heterocycles. The Morgan fingerprint density at radius 2 is 1.92 bits per heavy atom.